The third kappa shape index (κ3) is 2.25. The van der Waals surface area contributed by atoms with Crippen LogP contribution in [0.2, 0.25) is 0 Å². The number of nitrogen functional groups attached to an aromatic ring is 1. The molecule has 4 heteroatoms. The monoisotopic (exact) mass is 192 g/mol. The van der Waals surface area contributed by atoms with Gasteiger partial charge in [0.2, 0.25) is 0 Å². The quantitative estimate of drug-likeness (QED) is 0.796. The van der Waals surface area contributed by atoms with Crippen LogP contribution in [0.3, 0.4) is 0 Å². The molecule has 0 aliphatic rings. The Morgan fingerprint density at radius 2 is 2.36 bits per heavy atom. The van der Waals surface area contributed by atoms with Crippen LogP contribution >= 0.6 is 0 Å². The van der Waals surface area contributed by atoms with Crippen molar-refractivity contribution < 1.29 is 0 Å². The highest BCUT2D eigenvalue weighted by Gasteiger charge is 2.21. The van der Waals surface area contributed by atoms with Crippen molar-refractivity contribution in [3.05, 3.63) is 12.4 Å². The zero-order chi connectivity index (χ0) is 10.8. The molecule has 0 aliphatic carbocycles. The van der Waals surface area contributed by atoms with Gasteiger partial charge in [-0.15, -0.1) is 0 Å². The zero-order valence-corrected chi connectivity index (χ0v) is 8.86. The van der Waals surface area contributed by atoms with Crippen LogP contribution in [0.25, 0.3) is 0 Å². The van der Waals surface area contributed by atoms with E-state index in [1.807, 2.05) is 31.5 Å². The molecule has 1 aromatic rings. The summed E-state index contributed by atoms with van der Waals surface area (Å²) in [4.78, 5) is 3.95. The van der Waals surface area contributed by atoms with Crippen molar-refractivity contribution in [3.8, 4) is 6.07 Å². The van der Waals surface area contributed by atoms with E-state index in [1.54, 1.807) is 6.20 Å². The minimum absolute atomic E-state index is 0.201. The summed E-state index contributed by atoms with van der Waals surface area (Å²) in [5, 5.41) is 8.90. The molecule has 1 unspecified atom stereocenters. The van der Waals surface area contributed by atoms with Gasteiger partial charge in [0.15, 0.2) is 5.95 Å². The van der Waals surface area contributed by atoms with Gasteiger partial charge in [-0.1, -0.05) is 0 Å². The molecule has 0 saturated carbocycles. The first-order valence-corrected chi connectivity index (χ1v) is 4.66. The lowest BCUT2D eigenvalue weighted by Crippen LogP contribution is -2.17. The summed E-state index contributed by atoms with van der Waals surface area (Å²) < 4.78 is 1.89. The first-order valence-electron chi connectivity index (χ1n) is 4.66. The third-order valence-electron chi connectivity index (χ3n) is 2.28. The van der Waals surface area contributed by atoms with Crippen LogP contribution in [0, 0.1) is 16.7 Å². The summed E-state index contributed by atoms with van der Waals surface area (Å²) in [5.41, 5.74) is 5.35. The molecule has 1 atom stereocenters. The molecule has 0 aliphatic heterocycles. The zero-order valence-electron chi connectivity index (χ0n) is 8.86. The van der Waals surface area contributed by atoms with E-state index in [4.69, 9.17) is 11.0 Å². The van der Waals surface area contributed by atoms with Gasteiger partial charge in [-0.05, 0) is 27.2 Å². The van der Waals surface area contributed by atoms with Crippen LogP contribution in [0.1, 0.15) is 33.2 Å². The summed E-state index contributed by atoms with van der Waals surface area (Å²) in [6.07, 6.45) is 4.28. The van der Waals surface area contributed by atoms with E-state index in [1.165, 1.54) is 0 Å². The summed E-state index contributed by atoms with van der Waals surface area (Å²) in [6.45, 7) is 5.89. The highest BCUT2D eigenvalue weighted by atomic mass is 15.1. The number of hydrogen-bond acceptors (Lipinski definition) is 3. The molecule has 2 N–H and O–H groups in total. The number of nitrogens with two attached hydrogens (primary N) is 1. The van der Waals surface area contributed by atoms with Gasteiger partial charge in [-0.2, -0.15) is 5.26 Å². The second-order valence-corrected chi connectivity index (χ2v) is 4.24. The lowest BCUT2D eigenvalue weighted by atomic mass is 9.88. The highest BCUT2D eigenvalue weighted by molar-refractivity contribution is 5.18. The Bertz CT molecular complexity index is 345. The van der Waals surface area contributed by atoms with Crippen LogP contribution < -0.4 is 5.73 Å². The molecular formula is C10H16N4. The molecule has 76 valence electrons. The molecule has 0 radical (unpaired) electrons. The second kappa shape index (κ2) is 3.70. The van der Waals surface area contributed by atoms with Crippen LogP contribution in [0.4, 0.5) is 5.95 Å². The number of nitriles is 1. The topological polar surface area (TPSA) is 67.6 Å². The van der Waals surface area contributed by atoms with E-state index in [0.29, 0.717) is 5.95 Å². The van der Waals surface area contributed by atoms with Crippen molar-refractivity contribution in [3.63, 3.8) is 0 Å². The van der Waals surface area contributed by atoms with Crippen molar-refractivity contribution >= 4 is 5.95 Å². The molecule has 0 spiro atoms. The van der Waals surface area contributed by atoms with Gasteiger partial charge < -0.3 is 10.3 Å². The Labute approximate surface area is 84.4 Å². The van der Waals surface area contributed by atoms with Gasteiger partial charge in [-0.25, -0.2) is 4.98 Å². The van der Waals surface area contributed by atoms with Gasteiger partial charge in [0.1, 0.15) is 0 Å². The Morgan fingerprint density at radius 1 is 1.71 bits per heavy atom. The maximum atomic E-state index is 8.90. The second-order valence-electron chi connectivity index (χ2n) is 4.24. The average Bonchev–Trinajstić information content (AvgIpc) is 2.51. The molecule has 0 saturated heterocycles. The van der Waals surface area contributed by atoms with Crippen LogP contribution in [0.15, 0.2) is 12.4 Å². The number of aromatic nitrogens is 2. The Kier molecular flexibility index (Phi) is 2.80. The summed E-state index contributed by atoms with van der Waals surface area (Å²) in [7, 11) is 0. The van der Waals surface area contributed by atoms with E-state index < -0.39 is 0 Å². The molecular weight excluding hydrogens is 176 g/mol. The predicted molar refractivity (Wildman–Crippen MR) is 55.4 cm³/mol. The van der Waals surface area contributed by atoms with Crippen molar-refractivity contribution in [2.45, 2.75) is 33.2 Å². The van der Waals surface area contributed by atoms with Gasteiger partial charge in [-0.3, -0.25) is 0 Å². The number of nitrogens with zero attached hydrogens (tertiary/aromatic N) is 3. The Balaban J connectivity index is 2.74. The minimum Gasteiger partial charge on any atom is -0.369 e. The summed E-state index contributed by atoms with van der Waals surface area (Å²) in [6, 6.07) is 2.48. The molecule has 0 bridgehead atoms. The van der Waals surface area contributed by atoms with Crippen LogP contribution in [-0.4, -0.2) is 9.55 Å². The van der Waals surface area contributed by atoms with Gasteiger partial charge in [0.05, 0.1) is 11.5 Å². The summed E-state index contributed by atoms with van der Waals surface area (Å²) in [5.74, 6) is 0.506. The van der Waals surface area contributed by atoms with E-state index in [-0.39, 0.29) is 11.5 Å². The molecule has 14 heavy (non-hydrogen) atoms. The molecule has 1 aromatic heterocycles. The van der Waals surface area contributed by atoms with Crippen molar-refractivity contribution in [1.29, 1.82) is 5.26 Å². The van der Waals surface area contributed by atoms with Gasteiger partial charge >= 0.3 is 0 Å². The van der Waals surface area contributed by atoms with Crippen molar-refractivity contribution in [2.75, 3.05) is 5.73 Å². The number of hydrogen-bond donors (Lipinski definition) is 1. The smallest absolute Gasteiger partial charge is 0.200 e. The lowest BCUT2D eigenvalue weighted by molar-refractivity contribution is 0.357. The molecule has 0 amide bonds. The molecule has 1 rings (SSSR count). The number of anilines is 1. The number of rotatable bonds is 3. The average molecular weight is 192 g/mol. The van der Waals surface area contributed by atoms with Crippen LogP contribution in [0.5, 0.6) is 0 Å². The first-order chi connectivity index (χ1) is 6.46. The van der Waals surface area contributed by atoms with E-state index in [9.17, 15) is 0 Å². The van der Waals surface area contributed by atoms with E-state index in [0.717, 1.165) is 6.42 Å². The first kappa shape index (κ1) is 10.6. The normalized spacial score (nSPS) is 13.6. The summed E-state index contributed by atoms with van der Waals surface area (Å²) >= 11 is 0. The fourth-order valence-electron chi connectivity index (χ4n) is 1.58. The van der Waals surface area contributed by atoms with Crippen molar-refractivity contribution in [2.24, 2.45) is 5.41 Å². The van der Waals surface area contributed by atoms with E-state index >= 15 is 0 Å². The molecule has 0 fully saturated rings. The third-order valence-corrected chi connectivity index (χ3v) is 2.28. The molecule has 1 heterocycles. The highest BCUT2D eigenvalue weighted by Crippen LogP contribution is 2.28. The maximum absolute atomic E-state index is 8.90. The fourth-order valence-corrected chi connectivity index (χ4v) is 1.58. The standard InChI is InChI=1S/C10H16N4/c1-8(6-10(2,3)7-11)14-5-4-13-9(14)12/h4-5,8H,6H2,1-3H3,(H2,12,13). The van der Waals surface area contributed by atoms with Crippen molar-refractivity contribution in [1.82, 2.24) is 9.55 Å². The Morgan fingerprint density at radius 3 is 2.79 bits per heavy atom. The molecule has 0 aromatic carbocycles. The minimum atomic E-state index is -0.323. The SMILES string of the molecule is CC(CC(C)(C)C#N)n1ccnc1N. The predicted octanol–water partition coefficient (Wildman–Crippen LogP) is 1.97. The lowest BCUT2D eigenvalue weighted by Gasteiger charge is -2.22. The van der Waals surface area contributed by atoms with Gasteiger partial charge in [0.25, 0.3) is 0 Å². The van der Waals surface area contributed by atoms with Gasteiger partial charge in [0, 0.05) is 18.4 Å². The largest absolute Gasteiger partial charge is 0.369 e. The van der Waals surface area contributed by atoms with E-state index in [2.05, 4.69) is 11.1 Å². The number of imidazole rings is 1. The fraction of sp³-hybridized carbons (Fsp3) is 0.600. The van der Waals surface area contributed by atoms with Crippen LogP contribution in [-0.2, 0) is 0 Å². The maximum Gasteiger partial charge on any atom is 0.200 e. The Hall–Kier alpha value is -1.50. The molecule has 4 nitrogen and oxygen atoms in total.